The Bertz CT molecular complexity index is 813. The van der Waals surface area contributed by atoms with Crippen LogP contribution in [0.5, 0.6) is 17.2 Å². The topological polar surface area (TPSA) is 76.6 Å². The first-order valence-corrected chi connectivity index (χ1v) is 11.2. The average Bonchev–Trinajstić information content (AvgIpc) is 3.35. The van der Waals surface area contributed by atoms with Crippen molar-refractivity contribution in [1.82, 2.24) is 15.5 Å². The van der Waals surface area contributed by atoms with E-state index in [0.29, 0.717) is 23.8 Å². The first kappa shape index (κ1) is 23.2. The molecule has 3 rings (SSSR count). The summed E-state index contributed by atoms with van der Waals surface area (Å²) in [6.07, 6.45) is 0. The van der Waals surface area contributed by atoms with E-state index in [2.05, 4.69) is 38.0 Å². The van der Waals surface area contributed by atoms with E-state index in [1.54, 1.807) is 39.7 Å². The summed E-state index contributed by atoms with van der Waals surface area (Å²) in [4.78, 5) is 8.20. The first-order valence-electron chi connectivity index (χ1n) is 10.3. The van der Waals surface area contributed by atoms with Gasteiger partial charge in [0.1, 0.15) is 0 Å². The van der Waals surface area contributed by atoms with Gasteiger partial charge in [-0.3, -0.25) is 9.89 Å². The number of ether oxygens (including phenoxy) is 4. The highest BCUT2D eigenvalue weighted by molar-refractivity contribution is 7.10. The highest BCUT2D eigenvalue weighted by atomic mass is 32.1. The monoisotopic (exact) mass is 448 g/mol. The summed E-state index contributed by atoms with van der Waals surface area (Å²) in [5.41, 5.74) is 1.00. The van der Waals surface area contributed by atoms with Gasteiger partial charge in [0.05, 0.1) is 40.6 Å². The van der Waals surface area contributed by atoms with E-state index in [9.17, 15) is 0 Å². The number of hydrogen-bond acceptors (Lipinski definition) is 7. The van der Waals surface area contributed by atoms with E-state index in [0.717, 1.165) is 44.4 Å². The Morgan fingerprint density at radius 3 is 2.39 bits per heavy atom. The molecule has 1 aromatic heterocycles. The Hall–Kier alpha value is -2.49. The lowest BCUT2D eigenvalue weighted by Crippen LogP contribution is -2.46. The normalized spacial score (nSPS) is 15.9. The molecule has 1 saturated heterocycles. The predicted octanol–water partition coefficient (Wildman–Crippen LogP) is 2.51. The van der Waals surface area contributed by atoms with Crippen LogP contribution in [0.3, 0.4) is 0 Å². The van der Waals surface area contributed by atoms with Crippen molar-refractivity contribution in [3.05, 3.63) is 40.1 Å². The number of methoxy groups -OCH3 is 3. The largest absolute Gasteiger partial charge is 0.493 e. The van der Waals surface area contributed by atoms with Gasteiger partial charge < -0.3 is 29.6 Å². The quantitative estimate of drug-likeness (QED) is 0.451. The Labute approximate surface area is 188 Å². The number of benzene rings is 1. The second kappa shape index (κ2) is 11.8. The van der Waals surface area contributed by atoms with E-state index < -0.39 is 0 Å². The van der Waals surface area contributed by atoms with Gasteiger partial charge in [-0.2, -0.15) is 0 Å². The zero-order valence-electron chi connectivity index (χ0n) is 18.6. The molecular formula is C22H32N4O4S. The molecule has 0 spiro atoms. The molecule has 1 aromatic carbocycles. The Balaban J connectivity index is 1.63. The smallest absolute Gasteiger partial charge is 0.203 e. The van der Waals surface area contributed by atoms with Crippen LogP contribution in [0, 0.1) is 0 Å². The van der Waals surface area contributed by atoms with Crippen LogP contribution in [0.25, 0.3) is 0 Å². The SMILES string of the molecule is CN=C(NCc1cc(OC)c(OC)c(OC)c1)NCC(c1cccs1)N1CCOCC1. The minimum absolute atomic E-state index is 0.281. The van der Waals surface area contributed by atoms with E-state index in [-0.39, 0.29) is 6.04 Å². The zero-order valence-corrected chi connectivity index (χ0v) is 19.5. The van der Waals surface area contributed by atoms with Crippen LogP contribution in [-0.4, -0.2) is 72.1 Å². The third-order valence-electron chi connectivity index (χ3n) is 5.23. The molecule has 170 valence electrons. The molecule has 1 atom stereocenters. The summed E-state index contributed by atoms with van der Waals surface area (Å²) < 4.78 is 21.8. The van der Waals surface area contributed by atoms with Gasteiger partial charge in [-0.25, -0.2) is 0 Å². The molecule has 1 fully saturated rings. The number of morpholine rings is 1. The van der Waals surface area contributed by atoms with Crippen LogP contribution in [0.4, 0.5) is 0 Å². The van der Waals surface area contributed by atoms with Gasteiger partial charge in [0.25, 0.3) is 0 Å². The number of nitrogens with zero attached hydrogens (tertiary/aromatic N) is 2. The van der Waals surface area contributed by atoms with Crippen molar-refractivity contribution in [2.24, 2.45) is 4.99 Å². The van der Waals surface area contributed by atoms with Crippen LogP contribution >= 0.6 is 11.3 Å². The molecule has 1 aliphatic rings. The van der Waals surface area contributed by atoms with Crippen LogP contribution in [0.1, 0.15) is 16.5 Å². The van der Waals surface area contributed by atoms with Crippen molar-refractivity contribution in [2.45, 2.75) is 12.6 Å². The van der Waals surface area contributed by atoms with Crippen LogP contribution in [0.15, 0.2) is 34.6 Å². The van der Waals surface area contributed by atoms with Gasteiger partial charge >= 0.3 is 0 Å². The Kier molecular flexibility index (Phi) is 8.81. The third-order valence-corrected chi connectivity index (χ3v) is 6.20. The van der Waals surface area contributed by atoms with E-state index in [1.165, 1.54) is 4.88 Å². The summed E-state index contributed by atoms with van der Waals surface area (Å²) in [5, 5.41) is 8.98. The molecule has 2 heterocycles. The third kappa shape index (κ3) is 6.03. The lowest BCUT2D eigenvalue weighted by atomic mass is 10.1. The van der Waals surface area contributed by atoms with Crippen molar-refractivity contribution < 1.29 is 18.9 Å². The fourth-order valence-electron chi connectivity index (χ4n) is 3.62. The van der Waals surface area contributed by atoms with Gasteiger partial charge in [0.15, 0.2) is 17.5 Å². The average molecular weight is 449 g/mol. The minimum atomic E-state index is 0.281. The van der Waals surface area contributed by atoms with Crippen molar-refractivity contribution in [3.8, 4) is 17.2 Å². The number of aliphatic imine (C=N–C) groups is 1. The molecule has 0 radical (unpaired) electrons. The lowest BCUT2D eigenvalue weighted by molar-refractivity contribution is 0.0177. The maximum absolute atomic E-state index is 5.53. The van der Waals surface area contributed by atoms with Gasteiger partial charge in [0.2, 0.25) is 5.75 Å². The Morgan fingerprint density at radius 2 is 1.84 bits per heavy atom. The highest BCUT2D eigenvalue weighted by Crippen LogP contribution is 2.38. The maximum Gasteiger partial charge on any atom is 0.203 e. The molecule has 2 aromatic rings. The Morgan fingerprint density at radius 1 is 1.13 bits per heavy atom. The fraction of sp³-hybridized carbons (Fsp3) is 0.500. The molecular weight excluding hydrogens is 416 g/mol. The molecule has 1 aliphatic heterocycles. The summed E-state index contributed by atoms with van der Waals surface area (Å²) in [5.74, 6) is 2.59. The summed E-state index contributed by atoms with van der Waals surface area (Å²) in [6.45, 7) is 4.74. The van der Waals surface area contributed by atoms with Crippen molar-refractivity contribution in [3.63, 3.8) is 0 Å². The molecule has 0 bridgehead atoms. The maximum atomic E-state index is 5.53. The number of thiophene rings is 1. The molecule has 9 heteroatoms. The van der Waals surface area contributed by atoms with Gasteiger partial charge in [-0.15, -0.1) is 11.3 Å². The molecule has 2 N–H and O–H groups in total. The second-order valence-corrected chi connectivity index (χ2v) is 8.00. The standard InChI is InChI=1S/C22H32N4O4S/c1-23-22(24-14-16-12-18(27-2)21(29-4)19(13-16)28-3)25-15-17(20-6-5-11-31-20)26-7-9-30-10-8-26/h5-6,11-13,17H,7-10,14-15H2,1-4H3,(H2,23,24,25). The summed E-state index contributed by atoms with van der Waals surface area (Å²) >= 11 is 1.78. The van der Waals surface area contributed by atoms with E-state index in [1.807, 2.05) is 12.1 Å². The number of nitrogens with one attached hydrogen (secondary N) is 2. The first-order chi connectivity index (χ1) is 15.2. The second-order valence-electron chi connectivity index (χ2n) is 7.02. The van der Waals surface area contributed by atoms with Gasteiger partial charge in [0, 0.05) is 38.1 Å². The molecule has 1 unspecified atom stereocenters. The summed E-state index contributed by atoms with van der Waals surface area (Å²) in [6, 6.07) is 8.45. The van der Waals surface area contributed by atoms with Crippen LogP contribution in [-0.2, 0) is 11.3 Å². The fourth-order valence-corrected chi connectivity index (χ4v) is 4.48. The van der Waals surface area contributed by atoms with Crippen molar-refractivity contribution >= 4 is 17.3 Å². The van der Waals surface area contributed by atoms with E-state index in [4.69, 9.17) is 18.9 Å². The van der Waals surface area contributed by atoms with Gasteiger partial charge in [-0.05, 0) is 29.1 Å². The molecule has 0 amide bonds. The van der Waals surface area contributed by atoms with Gasteiger partial charge in [-0.1, -0.05) is 6.07 Å². The molecule has 31 heavy (non-hydrogen) atoms. The van der Waals surface area contributed by atoms with Crippen LogP contribution in [0.2, 0.25) is 0 Å². The minimum Gasteiger partial charge on any atom is -0.493 e. The van der Waals surface area contributed by atoms with Crippen LogP contribution < -0.4 is 24.8 Å². The molecule has 0 aliphatic carbocycles. The molecule has 0 saturated carbocycles. The van der Waals surface area contributed by atoms with Crippen molar-refractivity contribution in [2.75, 3.05) is 61.2 Å². The summed E-state index contributed by atoms with van der Waals surface area (Å²) in [7, 11) is 6.61. The number of hydrogen-bond donors (Lipinski definition) is 2. The number of guanidine groups is 1. The predicted molar refractivity (Wildman–Crippen MR) is 124 cm³/mol. The molecule has 8 nitrogen and oxygen atoms in total. The number of rotatable bonds is 9. The lowest BCUT2D eigenvalue weighted by Gasteiger charge is -2.34. The van der Waals surface area contributed by atoms with Crippen molar-refractivity contribution in [1.29, 1.82) is 0 Å². The highest BCUT2D eigenvalue weighted by Gasteiger charge is 2.23. The van der Waals surface area contributed by atoms with E-state index >= 15 is 0 Å². The zero-order chi connectivity index (χ0) is 22.1.